The first-order valence-electron chi connectivity index (χ1n) is 4.41. The molecule has 2 N–H and O–H groups in total. The zero-order valence-electron chi connectivity index (χ0n) is 7.58. The molecule has 2 atom stereocenters. The minimum Gasteiger partial charge on any atom is -0.503 e. The van der Waals surface area contributed by atoms with Crippen molar-refractivity contribution in [2.75, 3.05) is 0 Å². The maximum atomic E-state index is 12.9. The maximum absolute atomic E-state index is 12.9. The summed E-state index contributed by atoms with van der Waals surface area (Å²) >= 11 is 0. The second kappa shape index (κ2) is 3.18. The van der Waals surface area contributed by atoms with E-state index in [1.807, 2.05) is 0 Å². The number of carbonyl (C=O) groups is 1. The van der Waals surface area contributed by atoms with Crippen molar-refractivity contribution in [2.24, 2.45) is 5.92 Å². The predicted octanol–water partition coefficient (Wildman–Crippen LogP) is 1.86. The molecule has 0 amide bonds. The molecule has 0 saturated heterocycles. The number of phenolic OH excluding ortho intramolecular Hbond substituents is 1. The van der Waals surface area contributed by atoms with Crippen molar-refractivity contribution in [2.45, 2.75) is 12.3 Å². The molecule has 1 aromatic carbocycles. The first-order valence-corrected chi connectivity index (χ1v) is 4.41. The first kappa shape index (κ1) is 9.89. The number of rotatable bonds is 2. The molecule has 0 heterocycles. The van der Waals surface area contributed by atoms with Gasteiger partial charge in [0.2, 0.25) is 0 Å². The molecule has 0 aliphatic heterocycles. The molecule has 1 aliphatic carbocycles. The van der Waals surface area contributed by atoms with E-state index >= 15 is 0 Å². The van der Waals surface area contributed by atoms with Gasteiger partial charge in [0.05, 0.1) is 5.92 Å². The Balaban J connectivity index is 2.28. The lowest BCUT2D eigenvalue weighted by Crippen LogP contribution is -1.99. The summed E-state index contributed by atoms with van der Waals surface area (Å²) in [5.41, 5.74) is 0.287. The van der Waals surface area contributed by atoms with Crippen molar-refractivity contribution >= 4 is 5.97 Å². The van der Waals surface area contributed by atoms with Gasteiger partial charge in [-0.3, -0.25) is 4.79 Å². The highest BCUT2D eigenvalue weighted by Gasteiger charge is 2.44. The summed E-state index contributed by atoms with van der Waals surface area (Å²) in [7, 11) is 0. The van der Waals surface area contributed by atoms with Gasteiger partial charge in [-0.1, -0.05) is 0 Å². The quantitative estimate of drug-likeness (QED) is 0.789. The highest BCUT2D eigenvalue weighted by Crippen LogP contribution is 2.48. The van der Waals surface area contributed by atoms with Gasteiger partial charge in [-0.25, -0.2) is 8.78 Å². The smallest absolute Gasteiger partial charge is 0.307 e. The van der Waals surface area contributed by atoms with Crippen LogP contribution in [0.3, 0.4) is 0 Å². The van der Waals surface area contributed by atoms with E-state index in [9.17, 15) is 13.6 Å². The van der Waals surface area contributed by atoms with Crippen LogP contribution in [0.1, 0.15) is 17.9 Å². The molecule has 1 saturated carbocycles. The van der Waals surface area contributed by atoms with Gasteiger partial charge in [-0.15, -0.1) is 0 Å². The number of carboxylic acids is 1. The molecule has 1 aromatic rings. The molecule has 0 bridgehead atoms. The molecule has 3 nitrogen and oxygen atoms in total. The lowest BCUT2D eigenvalue weighted by Gasteiger charge is -2.02. The third-order valence-corrected chi connectivity index (χ3v) is 2.58. The SMILES string of the molecule is O=C(O)C1CC1c1cc(F)c(O)c(F)c1. The Hall–Kier alpha value is -1.65. The van der Waals surface area contributed by atoms with E-state index in [0.29, 0.717) is 6.42 Å². The average molecular weight is 214 g/mol. The minimum atomic E-state index is -1.05. The number of phenols is 1. The Bertz CT molecular complexity index is 408. The second-order valence-corrected chi connectivity index (χ2v) is 3.62. The number of carboxylic acid groups (broad SMARTS) is 1. The van der Waals surface area contributed by atoms with E-state index in [-0.39, 0.29) is 11.5 Å². The summed E-state index contributed by atoms with van der Waals surface area (Å²) in [6.45, 7) is 0. The molecule has 5 heteroatoms. The zero-order chi connectivity index (χ0) is 11.2. The highest BCUT2D eigenvalue weighted by atomic mass is 19.1. The van der Waals surface area contributed by atoms with Gasteiger partial charge in [-0.05, 0) is 30.0 Å². The van der Waals surface area contributed by atoms with Crippen LogP contribution in [0, 0.1) is 17.6 Å². The molecule has 80 valence electrons. The van der Waals surface area contributed by atoms with Crippen molar-refractivity contribution in [1.29, 1.82) is 0 Å². The number of aliphatic carboxylic acids is 1. The third kappa shape index (κ3) is 1.65. The van der Waals surface area contributed by atoms with Crippen LogP contribution in [0.15, 0.2) is 12.1 Å². The maximum Gasteiger partial charge on any atom is 0.307 e. The van der Waals surface area contributed by atoms with Crippen LogP contribution in [0.4, 0.5) is 8.78 Å². The Morgan fingerprint density at radius 3 is 2.27 bits per heavy atom. The van der Waals surface area contributed by atoms with E-state index in [4.69, 9.17) is 10.2 Å². The van der Waals surface area contributed by atoms with Gasteiger partial charge >= 0.3 is 5.97 Å². The normalized spacial score (nSPS) is 23.9. The Morgan fingerprint density at radius 1 is 1.33 bits per heavy atom. The van der Waals surface area contributed by atoms with Gasteiger partial charge in [-0.2, -0.15) is 0 Å². The Morgan fingerprint density at radius 2 is 1.87 bits per heavy atom. The van der Waals surface area contributed by atoms with Crippen LogP contribution in [-0.2, 0) is 4.79 Å². The van der Waals surface area contributed by atoms with Crippen molar-refractivity contribution < 1.29 is 23.8 Å². The largest absolute Gasteiger partial charge is 0.503 e. The lowest BCUT2D eigenvalue weighted by atomic mass is 10.1. The fourth-order valence-corrected chi connectivity index (χ4v) is 1.64. The number of halogens is 2. The average Bonchev–Trinajstić information content (AvgIpc) is 2.92. The molecular weight excluding hydrogens is 206 g/mol. The van der Waals surface area contributed by atoms with Gasteiger partial charge in [0.25, 0.3) is 0 Å². The monoisotopic (exact) mass is 214 g/mol. The highest BCUT2D eigenvalue weighted by molar-refractivity contribution is 5.75. The van der Waals surface area contributed by atoms with Crippen molar-refractivity contribution in [3.8, 4) is 5.75 Å². The van der Waals surface area contributed by atoms with Gasteiger partial charge < -0.3 is 10.2 Å². The summed E-state index contributed by atoms with van der Waals surface area (Å²) < 4.78 is 25.8. The van der Waals surface area contributed by atoms with Crippen LogP contribution in [-0.4, -0.2) is 16.2 Å². The molecule has 1 aliphatic rings. The molecule has 15 heavy (non-hydrogen) atoms. The van der Waals surface area contributed by atoms with Gasteiger partial charge in [0.15, 0.2) is 17.4 Å². The van der Waals surface area contributed by atoms with Crippen LogP contribution in [0.5, 0.6) is 5.75 Å². The zero-order valence-corrected chi connectivity index (χ0v) is 7.58. The van der Waals surface area contributed by atoms with E-state index in [1.54, 1.807) is 0 Å². The lowest BCUT2D eigenvalue weighted by molar-refractivity contribution is -0.138. The molecule has 0 spiro atoms. The van der Waals surface area contributed by atoms with Crippen LogP contribution < -0.4 is 0 Å². The second-order valence-electron chi connectivity index (χ2n) is 3.62. The number of hydrogen-bond acceptors (Lipinski definition) is 2. The van der Waals surface area contributed by atoms with Gasteiger partial charge in [0.1, 0.15) is 0 Å². The van der Waals surface area contributed by atoms with E-state index in [1.165, 1.54) is 0 Å². The number of hydrogen-bond donors (Lipinski definition) is 2. The molecule has 0 aromatic heterocycles. The summed E-state index contributed by atoms with van der Waals surface area (Å²) in [6, 6.07) is 1.96. The third-order valence-electron chi connectivity index (χ3n) is 2.58. The summed E-state index contributed by atoms with van der Waals surface area (Å²) in [5, 5.41) is 17.5. The van der Waals surface area contributed by atoms with Crippen LogP contribution >= 0.6 is 0 Å². The van der Waals surface area contributed by atoms with Gasteiger partial charge in [0, 0.05) is 0 Å². The first-order chi connectivity index (χ1) is 7.00. The summed E-state index contributed by atoms with van der Waals surface area (Å²) in [5.74, 6) is -5.00. The Labute approximate surface area is 84.0 Å². The van der Waals surface area contributed by atoms with E-state index in [0.717, 1.165) is 12.1 Å². The Kier molecular flexibility index (Phi) is 2.10. The summed E-state index contributed by atoms with van der Waals surface area (Å²) in [6.07, 6.45) is 0.388. The van der Waals surface area contributed by atoms with Crippen molar-refractivity contribution in [1.82, 2.24) is 0 Å². The number of benzene rings is 1. The standard InChI is InChI=1S/C10H8F2O3/c11-7-1-4(2-8(12)9(7)13)5-3-6(5)10(14)15/h1-2,5-6,13H,3H2,(H,14,15). The topological polar surface area (TPSA) is 57.5 Å². The van der Waals surface area contributed by atoms with Crippen LogP contribution in [0.25, 0.3) is 0 Å². The van der Waals surface area contributed by atoms with E-state index < -0.39 is 29.3 Å². The van der Waals surface area contributed by atoms with Crippen LogP contribution in [0.2, 0.25) is 0 Å². The molecule has 2 unspecified atom stereocenters. The molecule has 0 radical (unpaired) electrons. The van der Waals surface area contributed by atoms with Crippen molar-refractivity contribution in [3.63, 3.8) is 0 Å². The molecule has 1 fully saturated rings. The fourth-order valence-electron chi connectivity index (χ4n) is 1.64. The molecule has 2 rings (SSSR count). The predicted molar refractivity (Wildman–Crippen MR) is 46.5 cm³/mol. The number of aromatic hydroxyl groups is 1. The summed E-state index contributed by atoms with van der Waals surface area (Å²) in [4.78, 5) is 10.5. The van der Waals surface area contributed by atoms with E-state index in [2.05, 4.69) is 0 Å². The molecular formula is C10H8F2O3. The minimum absolute atomic E-state index is 0.287. The van der Waals surface area contributed by atoms with Crippen molar-refractivity contribution in [3.05, 3.63) is 29.3 Å². The fraction of sp³-hybridized carbons (Fsp3) is 0.300.